The minimum absolute atomic E-state index is 1.17. The molecule has 2 heteroatoms. The Morgan fingerprint density at radius 2 is 1.09 bits per heavy atom. The molecule has 9 aromatic rings. The zero-order chi connectivity index (χ0) is 30.2. The summed E-state index contributed by atoms with van der Waals surface area (Å²) in [6.07, 6.45) is 0. The van der Waals surface area contributed by atoms with Crippen molar-refractivity contribution in [2.24, 2.45) is 0 Å². The maximum atomic E-state index is 2.44. The van der Waals surface area contributed by atoms with E-state index in [1.165, 1.54) is 92.2 Å². The Morgan fingerprint density at radius 3 is 1.98 bits per heavy atom. The van der Waals surface area contributed by atoms with E-state index in [-0.39, 0.29) is 0 Å². The summed E-state index contributed by atoms with van der Waals surface area (Å²) in [7, 11) is 0. The van der Waals surface area contributed by atoms with Crippen LogP contribution in [0.15, 0.2) is 174 Å². The summed E-state index contributed by atoms with van der Waals surface area (Å²) in [6, 6.07) is 60.3. The van der Waals surface area contributed by atoms with Crippen LogP contribution in [0.3, 0.4) is 0 Å². The Morgan fingerprint density at radius 1 is 0.391 bits per heavy atom. The Kier molecular flexibility index (Phi) is 5.58. The molecule has 0 saturated carbocycles. The second-order valence-electron chi connectivity index (χ2n) is 12.1. The molecule has 1 aliphatic rings. The third-order valence-electron chi connectivity index (χ3n) is 9.55. The standard InChI is InChI=1S/C44H27NS/c1-2-14-34(15-3-1)45-40-27-33(20-22-36(40)38-23-19-28-9-4-5-16-35(28)44(38)45)31-13-6-12-30(25-31)32-21-24-41-39(26-32)37-17-7-10-29-11-8-18-42(46-41)43(29)37/h1-27H. The molecule has 0 bridgehead atoms. The van der Waals surface area contributed by atoms with E-state index in [4.69, 9.17) is 0 Å². The molecule has 8 aromatic carbocycles. The zero-order valence-electron chi connectivity index (χ0n) is 24.9. The molecule has 1 nitrogen and oxygen atoms in total. The van der Waals surface area contributed by atoms with Crippen molar-refractivity contribution in [2.45, 2.75) is 9.79 Å². The van der Waals surface area contributed by atoms with Gasteiger partial charge in [0.05, 0.1) is 11.0 Å². The highest BCUT2D eigenvalue weighted by Gasteiger charge is 2.20. The Bertz CT molecular complexity index is 2660. The van der Waals surface area contributed by atoms with E-state index >= 15 is 0 Å². The molecule has 10 rings (SSSR count). The summed E-state index contributed by atoms with van der Waals surface area (Å²) >= 11 is 1.88. The van der Waals surface area contributed by atoms with Crippen LogP contribution in [-0.4, -0.2) is 4.57 Å². The smallest absolute Gasteiger partial charge is 0.0619 e. The maximum Gasteiger partial charge on any atom is 0.0619 e. The highest BCUT2D eigenvalue weighted by atomic mass is 32.2. The van der Waals surface area contributed by atoms with Gasteiger partial charge in [-0.1, -0.05) is 133 Å². The van der Waals surface area contributed by atoms with Crippen LogP contribution in [0.25, 0.3) is 82.4 Å². The SMILES string of the molecule is c1ccc(-n2c3cc(-c4cccc(-c5ccc6c(c5)-c5cccc7cccc(c57)S6)c4)ccc3c3ccc4ccccc4c32)cc1. The number of hydrogen-bond donors (Lipinski definition) is 0. The van der Waals surface area contributed by atoms with Gasteiger partial charge in [-0.2, -0.15) is 0 Å². The van der Waals surface area contributed by atoms with Crippen LogP contribution in [0.2, 0.25) is 0 Å². The van der Waals surface area contributed by atoms with E-state index in [9.17, 15) is 0 Å². The molecule has 0 radical (unpaired) electrons. The summed E-state index contributed by atoms with van der Waals surface area (Å²) in [5.74, 6) is 0. The fourth-order valence-electron chi connectivity index (χ4n) is 7.42. The van der Waals surface area contributed by atoms with Crippen LogP contribution < -0.4 is 0 Å². The van der Waals surface area contributed by atoms with Gasteiger partial charge in [0.2, 0.25) is 0 Å². The van der Waals surface area contributed by atoms with E-state index in [1.54, 1.807) is 0 Å². The minimum atomic E-state index is 1.17. The average Bonchev–Trinajstić information content (AvgIpc) is 3.46. The Balaban J connectivity index is 1.14. The third-order valence-corrected chi connectivity index (χ3v) is 10.7. The number of fused-ring (bicyclic) bond motifs is 7. The highest BCUT2D eigenvalue weighted by molar-refractivity contribution is 7.99. The third kappa shape index (κ3) is 3.84. The molecule has 46 heavy (non-hydrogen) atoms. The molecule has 0 amide bonds. The van der Waals surface area contributed by atoms with Crippen molar-refractivity contribution < 1.29 is 0 Å². The number of aromatic nitrogens is 1. The molecular formula is C44H27NS. The van der Waals surface area contributed by atoms with Crippen LogP contribution in [0.1, 0.15) is 0 Å². The van der Waals surface area contributed by atoms with Gasteiger partial charge in [-0.05, 0) is 86.6 Å². The van der Waals surface area contributed by atoms with Crippen molar-refractivity contribution in [1.82, 2.24) is 4.57 Å². The molecule has 0 aliphatic carbocycles. The molecule has 0 saturated heterocycles. The molecule has 0 spiro atoms. The van der Waals surface area contributed by atoms with Gasteiger partial charge in [-0.15, -0.1) is 0 Å². The van der Waals surface area contributed by atoms with Gasteiger partial charge < -0.3 is 4.57 Å². The van der Waals surface area contributed by atoms with Crippen LogP contribution >= 0.6 is 11.8 Å². The summed E-state index contributed by atoms with van der Waals surface area (Å²) < 4.78 is 2.44. The maximum absolute atomic E-state index is 2.44. The quantitative estimate of drug-likeness (QED) is 0.195. The number of hydrogen-bond acceptors (Lipinski definition) is 1. The summed E-state index contributed by atoms with van der Waals surface area (Å²) in [4.78, 5) is 2.66. The normalized spacial score (nSPS) is 12.3. The lowest BCUT2D eigenvalue weighted by Crippen LogP contribution is -1.94. The van der Waals surface area contributed by atoms with E-state index in [0.717, 1.165) is 0 Å². The van der Waals surface area contributed by atoms with Crippen molar-refractivity contribution in [3.63, 3.8) is 0 Å². The Labute approximate surface area is 271 Å². The Hall–Kier alpha value is -5.57. The second-order valence-corrected chi connectivity index (χ2v) is 13.2. The molecular weight excluding hydrogens is 575 g/mol. The predicted octanol–water partition coefficient (Wildman–Crippen LogP) is 12.6. The van der Waals surface area contributed by atoms with Gasteiger partial charge in [-0.3, -0.25) is 0 Å². The number of rotatable bonds is 3. The molecule has 0 unspecified atom stereocenters. The lowest BCUT2D eigenvalue weighted by atomic mass is 9.93. The van der Waals surface area contributed by atoms with Gasteiger partial charge in [-0.25, -0.2) is 0 Å². The van der Waals surface area contributed by atoms with Crippen molar-refractivity contribution in [1.29, 1.82) is 0 Å². The van der Waals surface area contributed by atoms with Gasteiger partial charge in [0, 0.05) is 37.0 Å². The van der Waals surface area contributed by atoms with E-state index in [2.05, 4.69) is 168 Å². The second kappa shape index (κ2) is 9.97. The number of nitrogens with zero attached hydrogens (tertiary/aromatic N) is 1. The van der Waals surface area contributed by atoms with Crippen molar-refractivity contribution in [3.8, 4) is 39.1 Å². The largest absolute Gasteiger partial charge is 0.309 e. The van der Waals surface area contributed by atoms with Gasteiger partial charge in [0.1, 0.15) is 0 Å². The first-order valence-electron chi connectivity index (χ1n) is 15.8. The van der Waals surface area contributed by atoms with E-state index in [0.29, 0.717) is 0 Å². The van der Waals surface area contributed by atoms with E-state index in [1.807, 2.05) is 11.8 Å². The van der Waals surface area contributed by atoms with Crippen LogP contribution in [-0.2, 0) is 0 Å². The van der Waals surface area contributed by atoms with Crippen molar-refractivity contribution in [3.05, 3.63) is 164 Å². The van der Waals surface area contributed by atoms with Crippen LogP contribution in [0, 0.1) is 0 Å². The van der Waals surface area contributed by atoms with Gasteiger partial charge in [0.25, 0.3) is 0 Å². The fraction of sp³-hybridized carbons (Fsp3) is 0. The monoisotopic (exact) mass is 601 g/mol. The first kappa shape index (κ1) is 25.7. The minimum Gasteiger partial charge on any atom is -0.309 e. The van der Waals surface area contributed by atoms with Gasteiger partial charge >= 0.3 is 0 Å². The summed E-state index contributed by atoms with van der Waals surface area (Å²) in [6.45, 7) is 0. The predicted molar refractivity (Wildman–Crippen MR) is 196 cm³/mol. The van der Waals surface area contributed by atoms with E-state index < -0.39 is 0 Å². The molecule has 0 fully saturated rings. The van der Waals surface area contributed by atoms with Crippen LogP contribution in [0.4, 0.5) is 0 Å². The topological polar surface area (TPSA) is 4.93 Å². The van der Waals surface area contributed by atoms with Crippen molar-refractivity contribution in [2.75, 3.05) is 0 Å². The molecule has 1 aromatic heterocycles. The fourth-order valence-corrected chi connectivity index (χ4v) is 8.55. The summed E-state index contributed by atoms with van der Waals surface area (Å²) in [5.41, 5.74) is 11.2. The van der Waals surface area contributed by atoms with Crippen molar-refractivity contribution >= 4 is 55.1 Å². The molecule has 0 atom stereocenters. The summed E-state index contributed by atoms with van der Waals surface area (Å²) in [5, 5.41) is 7.74. The lowest BCUT2D eigenvalue weighted by molar-refractivity contribution is 1.19. The van der Waals surface area contributed by atoms with Gasteiger partial charge in [0.15, 0.2) is 0 Å². The first-order valence-corrected chi connectivity index (χ1v) is 16.6. The molecule has 1 aliphatic heterocycles. The average molecular weight is 602 g/mol. The number of para-hydroxylation sites is 1. The lowest BCUT2D eigenvalue weighted by Gasteiger charge is -2.21. The van der Waals surface area contributed by atoms with Crippen LogP contribution in [0.5, 0.6) is 0 Å². The molecule has 2 heterocycles. The molecule has 214 valence electrons. The zero-order valence-corrected chi connectivity index (χ0v) is 25.8. The first-order chi connectivity index (χ1) is 22.8. The highest BCUT2D eigenvalue weighted by Crippen LogP contribution is 2.49. The number of benzene rings is 8. The molecule has 0 N–H and O–H groups in total.